The Morgan fingerprint density at radius 1 is 1.21 bits per heavy atom. The predicted molar refractivity (Wildman–Crippen MR) is 81.5 cm³/mol. The Morgan fingerprint density at radius 3 is 2.75 bits per heavy atom. The lowest BCUT2D eigenvalue weighted by molar-refractivity contribution is 0.0949. The average molecular weight is 331 g/mol. The predicted octanol–water partition coefficient (Wildman–Crippen LogP) is 1.21. The van der Waals surface area contributed by atoms with E-state index in [0.29, 0.717) is 17.4 Å². The van der Waals surface area contributed by atoms with Gasteiger partial charge in [0, 0.05) is 11.6 Å². The molecule has 0 aliphatic rings. The minimum Gasteiger partial charge on any atom is -0.494 e. The number of nitrogens with one attached hydrogen (secondary N) is 1. The van der Waals surface area contributed by atoms with Gasteiger partial charge >= 0.3 is 0 Å². The molecular weight excluding hydrogens is 317 g/mol. The van der Waals surface area contributed by atoms with Crippen LogP contribution >= 0.6 is 0 Å². The van der Waals surface area contributed by atoms with Crippen LogP contribution in [0, 0.1) is 5.82 Å². The van der Waals surface area contributed by atoms with Gasteiger partial charge in [0.25, 0.3) is 5.91 Å². The Hall–Kier alpha value is -3.23. The molecule has 0 bridgehead atoms. The highest BCUT2D eigenvalue weighted by Crippen LogP contribution is 2.17. The fourth-order valence-electron chi connectivity index (χ4n) is 2.10. The van der Waals surface area contributed by atoms with E-state index < -0.39 is 11.7 Å². The van der Waals surface area contributed by atoms with Gasteiger partial charge in [0.1, 0.15) is 0 Å². The number of fused-ring (bicyclic) bond motifs is 1. The Balaban J connectivity index is 1.75. The van der Waals surface area contributed by atoms with E-state index in [2.05, 4.69) is 20.6 Å². The molecule has 0 fully saturated rings. The van der Waals surface area contributed by atoms with Gasteiger partial charge in [-0.05, 0) is 24.3 Å². The van der Waals surface area contributed by atoms with Gasteiger partial charge in [-0.2, -0.15) is 4.52 Å². The van der Waals surface area contributed by atoms with E-state index >= 15 is 0 Å². The normalized spacial score (nSPS) is 10.6. The molecule has 2 aromatic heterocycles. The van der Waals surface area contributed by atoms with Crippen molar-refractivity contribution in [1.29, 1.82) is 0 Å². The van der Waals surface area contributed by atoms with E-state index in [9.17, 15) is 9.18 Å². The molecular formula is C15H14FN5O3. The zero-order chi connectivity index (χ0) is 17.1. The summed E-state index contributed by atoms with van der Waals surface area (Å²) in [6.07, 6.45) is 0. The molecule has 9 heteroatoms. The van der Waals surface area contributed by atoms with E-state index in [1.54, 1.807) is 12.1 Å². The zero-order valence-electron chi connectivity index (χ0n) is 13.0. The number of hydrogen-bond acceptors (Lipinski definition) is 6. The highest BCUT2D eigenvalue weighted by Gasteiger charge is 2.13. The highest BCUT2D eigenvalue weighted by molar-refractivity contribution is 5.94. The van der Waals surface area contributed by atoms with E-state index in [-0.39, 0.29) is 17.9 Å². The van der Waals surface area contributed by atoms with Gasteiger partial charge in [0.2, 0.25) is 5.88 Å². The van der Waals surface area contributed by atoms with Crippen molar-refractivity contribution in [3.8, 4) is 11.6 Å². The molecule has 8 nitrogen and oxygen atoms in total. The molecule has 0 atom stereocenters. The van der Waals surface area contributed by atoms with Gasteiger partial charge in [-0.3, -0.25) is 4.79 Å². The Bertz CT molecular complexity index is 896. The third-order valence-corrected chi connectivity index (χ3v) is 3.33. The van der Waals surface area contributed by atoms with Gasteiger partial charge in [0.05, 0.1) is 20.8 Å². The van der Waals surface area contributed by atoms with Gasteiger partial charge in [-0.25, -0.2) is 4.39 Å². The quantitative estimate of drug-likeness (QED) is 0.756. The van der Waals surface area contributed by atoms with Crippen LogP contribution in [-0.2, 0) is 6.54 Å². The van der Waals surface area contributed by atoms with Crippen LogP contribution in [-0.4, -0.2) is 39.9 Å². The first-order valence-corrected chi connectivity index (χ1v) is 6.99. The van der Waals surface area contributed by atoms with Crippen LogP contribution in [0.3, 0.4) is 0 Å². The van der Waals surface area contributed by atoms with E-state index in [4.69, 9.17) is 9.47 Å². The van der Waals surface area contributed by atoms with Crippen LogP contribution in [0.15, 0.2) is 30.3 Å². The third-order valence-electron chi connectivity index (χ3n) is 3.33. The summed E-state index contributed by atoms with van der Waals surface area (Å²) >= 11 is 0. The molecule has 3 rings (SSSR count). The van der Waals surface area contributed by atoms with Gasteiger partial charge in [-0.15, -0.1) is 15.3 Å². The van der Waals surface area contributed by atoms with Crippen LogP contribution < -0.4 is 14.8 Å². The molecule has 124 valence electrons. The second-order valence-electron chi connectivity index (χ2n) is 4.79. The standard InChI is InChI=1S/C15H14FN5O3/c1-23-11-4-3-9(7-10(11)16)15(22)17-8-13-19-18-12-5-6-14(24-2)20-21(12)13/h3-7H,8H2,1-2H3,(H,17,22). The Labute approximate surface area is 136 Å². The van der Waals surface area contributed by atoms with Crippen LogP contribution in [0.25, 0.3) is 5.65 Å². The van der Waals surface area contributed by atoms with Crippen molar-refractivity contribution in [2.45, 2.75) is 6.54 Å². The van der Waals surface area contributed by atoms with Crippen molar-refractivity contribution in [3.63, 3.8) is 0 Å². The maximum Gasteiger partial charge on any atom is 0.251 e. The van der Waals surface area contributed by atoms with E-state index in [0.717, 1.165) is 6.07 Å². The van der Waals surface area contributed by atoms with Crippen molar-refractivity contribution >= 4 is 11.6 Å². The molecule has 0 unspecified atom stereocenters. The lowest BCUT2D eigenvalue weighted by Gasteiger charge is -2.06. The number of ether oxygens (including phenoxy) is 2. The monoisotopic (exact) mass is 331 g/mol. The number of amides is 1. The average Bonchev–Trinajstić information content (AvgIpc) is 3.01. The molecule has 3 aromatic rings. The number of halogens is 1. The number of methoxy groups -OCH3 is 2. The summed E-state index contributed by atoms with van der Waals surface area (Å²) in [4.78, 5) is 12.1. The first-order valence-electron chi connectivity index (χ1n) is 6.99. The lowest BCUT2D eigenvalue weighted by atomic mass is 10.2. The molecule has 1 N–H and O–H groups in total. The van der Waals surface area contributed by atoms with Crippen molar-refractivity contribution in [1.82, 2.24) is 25.1 Å². The summed E-state index contributed by atoms with van der Waals surface area (Å²) in [6.45, 7) is 0.0772. The largest absolute Gasteiger partial charge is 0.494 e. The van der Waals surface area contributed by atoms with E-state index in [1.165, 1.54) is 30.9 Å². The molecule has 1 amide bonds. The van der Waals surface area contributed by atoms with Gasteiger partial charge in [-0.1, -0.05) is 0 Å². The van der Waals surface area contributed by atoms with Crippen LogP contribution in [0.2, 0.25) is 0 Å². The van der Waals surface area contributed by atoms with Crippen molar-refractivity contribution in [3.05, 3.63) is 47.5 Å². The number of hydrogen-bond donors (Lipinski definition) is 1. The maximum atomic E-state index is 13.7. The summed E-state index contributed by atoms with van der Waals surface area (Å²) in [5.74, 6) is -0.162. The molecule has 0 saturated heterocycles. The molecule has 0 radical (unpaired) electrons. The summed E-state index contributed by atoms with van der Waals surface area (Å²) < 4.78 is 25.0. The fraction of sp³-hybridized carbons (Fsp3) is 0.200. The third kappa shape index (κ3) is 2.96. The summed E-state index contributed by atoms with van der Waals surface area (Å²) in [5, 5.41) is 14.7. The maximum absolute atomic E-state index is 13.7. The SMILES string of the molecule is COc1ccc2nnc(CNC(=O)c3ccc(OC)c(F)c3)n2n1. The second-order valence-corrected chi connectivity index (χ2v) is 4.79. The highest BCUT2D eigenvalue weighted by atomic mass is 19.1. The number of benzene rings is 1. The smallest absolute Gasteiger partial charge is 0.251 e. The minimum atomic E-state index is -0.607. The molecule has 0 aliphatic heterocycles. The Kier molecular flexibility index (Phi) is 4.23. The number of carbonyl (C=O) groups is 1. The summed E-state index contributed by atoms with van der Waals surface area (Å²) in [7, 11) is 2.86. The van der Waals surface area contributed by atoms with Gasteiger partial charge in [0.15, 0.2) is 23.0 Å². The number of nitrogens with zero attached hydrogens (tertiary/aromatic N) is 4. The van der Waals surface area contributed by atoms with Gasteiger partial charge < -0.3 is 14.8 Å². The molecule has 24 heavy (non-hydrogen) atoms. The van der Waals surface area contributed by atoms with Crippen molar-refractivity contribution in [2.75, 3.05) is 14.2 Å². The summed E-state index contributed by atoms with van der Waals surface area (Å²) in [5.41, 5.74) is 0.697. The lowest BCUT2D eigenvalue weighted by Crippen LogP contribution is -2.24. The second kappa shape index (κ2) is 6.49. The van der Waals surface area contributed by atoms with Crippen LogP contribution in [0.1, 0.15) is 16.2 Å². The van der Waals surface area contributed by atoms with Crippen molar-refractivity contribution in [2.24, 2.45) is 0 Å². The van der Waals surface area contributed by atoms with Crippen molar-refractivity contribution < 1.29 is 18.7 Å². The topological polar surface area (TPSA) is 90.6 Å². The number of aromatic nitrogens is 4. The fourth-order valence-corrected chi connectivity index (χ4v) is 2.10. The van der Waals surface area contributed by atoms with Crippen LogP contribution in [0.5, 0.6) is 11.6 Å². The first-order chi connectivity index (χ1) is 11.6. The first kappa shape index (κ1) is 15.7. The molecule has 0 saturated carbocycles. The molecule has 2 heterocycles. The molecule has 0 spiro atoms. The van der Waals surface area contributed by atoms with E-state index in [1.807, 2.05) is 0 Å². The zero-order valence-corrected chi connectivity index (χ0v) is 13.0. The number of rotatable bonds is 5. The molecule has 1 aromatic carbocycles. The molecule has 0 aliphatic carbocycles. The summed E-state index contributed by atoms with van der Waals surface area (Å²) in [6, 6.07) is 7.33. The minimum absolute atomic E-state index is 0.0753. The Morgan fingerprint density at radius 2 is 2.04 bits per heavy atom. The number of carbonyl (C=O) groups excluding carboxylic acids is 1. The van der Waals surface area contributed by atoms with Crippen LogP contribution in [0.4, 0.5) is 4.39 Å².